The molecule has 1 aliphatic heterocycles. The second-order valence-corrected chi connectivity index (χ2v) is 5.56. The van der Waals surface area contributed by atoms with Gasteiger partial charge in [-0.25, -0.2) is 4.98 Å². The molecule has 1 aliphatic carbocycles. The zero-order valence-electron chi connectivity index (χ0n) is 10.8. The lowest BCUT2D eigenvalue weighted by Gasteiger charge is -2.17. The summed E-state index contributed by atoms with van der Waals surface area (Å²) in [6.07, 6.45) is 4.07. The molecule has 3 atom stereocenters. The van der Waals surface area contributed by atoms with E-state index in [9.17, 15) is 5.11 Å². The number of fused-ring (bicyclic) bond motifs is 1. The molecule has 2 N–H and O–H groups in total. The number of rotatable bonds is 3. The Morgan fingerprint density at radius 3 is 2.94 bits per heavy atom. The molecule has 2 aliphatic rings. The van der Waals surface area contributed by atoms with Gasteiger partial charge in [0.2, 0.25) is 0 Å². The first-order valence-electron chi connectivity index (χ1n) is 6.79. The minimum atomic E-state index is -0.0650. The predicted molar refractivity (Wildman–Crippen MR) is 71.3 cm³/mol. The van der Waals surface area contributed by atoms with E-state index in [2.05, 4.69) is 21.3 Å². The second kappa shape index (κ2) is 4.86. The maximum atomic E-state index is 9.90. The molecule has 0 aromatic carbocycles. The van der Waals surface area contributed by atoms with Gasteiger partial charge >= 0.3 is 0 Å². The topological polar surface area (TPSA) is 48.4 Å². The molecular formula is C14H21N3O. The van der Waals surface area contributed by atoms with Gasteiger partial charge in [0, 0.05) is 38.8 Å². The van der Waals surface area contributed by atoms with E-state index in [4.69, 9.17) is 0 Å². The van der Waals surface area contributed by atoms with Gasteiger partial charge < -0.3 is 10.4 Å². The third-order valence-electron chi connectivity index (χ3n) is 4.38. The van der Waals surface area contributed by atoms with Gasteiger partial charge in [0.15, 0.2) is 0 Å². The van der Waals surface area contributed by atoms with Crippen LogP contribution in [0.25, 0.3) is 0 Å². The van der Waals surface area contributed by atoms with Gasteiger partial charge in [-0.05, 0) is 30.4 Å². The van der Waals surface area contributed by atoms with E-state index in [0.29, 0.717) is 11.8 Å². The lowest BCUT2D eigenvalue weighted by molar-refractivity contribution is 0.123. The molecule has 2 fully saturated rings. The molecule has 0 bridgehead atoms. The number of hydrogen-bond donors (Lipinski definition) is 2. The van der Waals surface area contributed by atoms with Gasteiger partial charge in [-0.2, -0.15) is 0 Å². The first kappa shape index (κ1) is 11.9. The number of anilines is 1. The molecule has 1 saturated heterocycles. The third kappa shape index (κ3) is 2.22. The molecule has 0 radical (unpaired) electrons. The van der Waals surface area contributed by atoms with Crippen molar-refractivity contribution in [3.8, 4) is 0 Å². The zero-order chi connectivity index (χ0) is 12.5. The normalized spacial score (nSPS) is 31.6. The van der Waals surface area contributed by atoms with Crippen molar-refractivity contribution in [1.29, 1.82) is 0 Å². The number of likely N-dealkylation sites (tertiary alicyclic amines) is 1. The van der Waals surface area contributed by atoms with Crippen LogP contribution < -0.4 is 5.32 Å². The number of aromatic nitrogens is 1. The summed E-state index contributed by atoms with van der Waals surface area (Å²) in [5, 5.41) is 12.9. The lowest BCUT2D eigenvalue weighted by atomic mass is 10.00. The van der Waals surface area contributed by atoms with E-state index < -0.39 is 0 Å². The van der Waals surface area contributed by atoms with Crippen LogP contribution in [0, 0.1) is 11.8 Å². The average Bonchev–Trinajstić information content (AvgIpc) is 2.93. The van der Waals surface area contributed by atoms with Gasteiger partial charge in [0.1, 0.15) is 5.82 Å². The molecule has 1 aromatic rings. The number of nitrogens with zero attached hydrogens (tertiary/aromatic N) is 2. The van der Waals surface area contributed by atoms with Gasteiger partial charge in [-0.3, -0.25) is 4.90 Å². The Morgan fingerprint density at radius 1 is 1.39 bits per heavy atom. The quantitative estimate of drug-likeness (QED) is 0.846. The van der Waals surface area contributed by atoms with Gasteiger partial charge in [-0.15, -0.1) is 0 Å². The summed E-state index contributed by atoms with van der Waals surface area (Å²) in [4.78, 5) is 6.79. The molecule has 0 amide bonds. The maximum absolute atomic E-state index is 9.90. The maximum Gasteiger partial charge on any atom is 0.125 e. The molecule has 18 heavy (non-hydrogen) atoms. The summed E-state index contributed by atoms with van der Waals surface area (Å²) in [7, 11) is 1.88. The lowest BCUT2D eigenvalue weighted by Crippen LogP contribution is -2.24. The zero-order valence-corrected chi connectivity index (χ0v) is 10.8. The van der Waals surface area contributed by atoms with Crippen molar-refractivity contribution in [3.63, 3.8) is 0 Å². The summed E-state index contributed by atoms with van der Waals surface area (Å²) < 4.78 is 0. The Balaban J connectivity index is 1.60. The van der Waals surface area contributed by atoms with E-state index in [1.165, 1.54) is 12.0 Å². The fourth-order valence-corrected chi connectivity index (χ4v) is 3.38. The van der Waals surface area contributed by atoms with Crippen LogP contribution in [0.3, 0.4) is 0 Å². The minimum Gasteiger partial charge on any atom is -0.393 e. The van der Waals surface area contributed by atoms with Gasteiger partial charge in [0.05, 0.1) is 6.10 Å². The minimum absolute atomic E-state index is 0.0650. The summed E-state index contributed by atoms with van der Waals surface area (Å²) in [5.74, 6) is 2.13. The number of aliphatic hydroxyl groups excluding tert-OH is 1. The van der Waals surface area contributed by atoms with Crippen LogP contribution in [0.15, 0.2) is 18.3 Å². The number of pyridine rings is 1. The van der Waals surface area contributed by atoms with Crippen LogP contribution in [-0.2, 0) is 6.54 Å². The summed E-state index contributed by atoms with van der Waals surface area (Å²) in [5.41, 5.74) is 1.25. The predicted octanol–water partition coefficient (Wildman–Crippen LogP) is 1.33. The van der Waals surface area contributed by atoms with Crippen LogP contribution in [0.5, 0.6) is 0 Å². The molecule has 0 spiro atoms. The molecule has 1 aromatic heterocycles. The van der Waals surface area contributed by atoms with Crippen molar-refractivity contribution in [2.24, 2.45) is 11.8 Å². The largest absolute Gasteiger partial charge is 0.393 e. The van der Waals surface area contributed by atoms with Crippen molar-refractivity contribution in [3.05, 3.63) is 23.9 Å². The van der Waals surface area contributed by atoms with E-state index in [-0.39, 0.29) is 6.10 Å². The van der Waals surface area contributed by atoms with Crippen LogP contribution in [0.2, 0.25) is 0 Å². The molecule has 4 heteroatoms. The molecule has 98 valence electrons. The van der Waals surface area contributed by atoms with Crippen LogP contribution in [-0.4, -0.2) is 41.2 Å². The fourth-order valence-electron chi connectivity index (χ4n) is 3.38. The van der Waals surface area contributed by atoms with Gasteiger partial charge in [0.25, 0.3) is 0 Å². The summed E-state index contributed by atoms with van der Waals surface area (Å²) in [6, 6.07) is 4.14. The van der Waals surface area contributed by atoms with Crippen LogP contribution in [0.4, 0.5) is 5.82 Å². The van der Waals surface area contributed by atoms with Crippen molar-refractivity contribution in [2.45, 2.75) is 25.5 Å². The molecule has 3 rings (SSSR count). The highest BCUT2D eigenvalue weighted by Gasteiger charge is 2.41. The Morgan fingerprint density at radius 2 is 2.28 bits per heavy atom. The Bertz CT molecular complexity index is 406. The Hall–Kier alpha value is -1.13. The van der Waals surface area contributed by atoms with Crippen LogP contribution >= 0.6 is 0 Å². The van der Waals surface area contributed by atoms with E-state index >= 15 is 0 Å². The van der Waals surface area contributed by atoms with Crippen molar-refractivity contribution in [2.75, 3.05) is 25.5 Å². The van der Waals surface area contributed by atoms with E-state index in [1.54, 1.807) is 0 Å². The number of nitrogens with one attached hydrogen (secondary N) is 1. The highest BCUT2D eigenvalue weighted by Crippen LogP contribution is 2.38. The summed E-state index contributed by atoms with van der Waals surface area (Å²) in [6.45, 7) is 3.13. The Kier molecular flexibility index (Phi) is 3.22. The van der Waals surface area contributed by atoms with Gasteiger partial charge in [-0.1, -0.05) is 6.07 Å². The molecule has 1 saturated carbocycles. The van der Waals surface area contributed by atoms with Crippen LogP contribution in [0.1, 0.15) is 18.4 Å². The van der Waals surface area contributed by atoms with Crippen molar-refractivity contribution in [1.82, 2.24) is 9.88 Å². The van der Waals surface area contributed by atoms with Crippen molar-refractivity contribution < 1.29 is 5.11 Å². The van der Waals surface area contributed by atoms with Crippen molar-refractivity contribution >= 4 is 5.82 Å². The first-order chi connectivity index (χ1) is 8.76. The number of hydrogen-bond acceptors (Lipinski definition) is 4. The highest BCUT2D eigenvalue weighted by molar-refractivity contribution is 5.34. The molecule has 3 unspecified atom stereocenters. The molecule has 2 heterocycles. The smallest absolute Gasteiger partial charge is 0.125 e. The molecule has 4 nitrogen and oxygen atoms in total. The standard InChI is InChI=1S/C14H21N3O/c1-15-14-5-2-10(6-16-14)7-17-8-11-3-4-13(18)12(11)9-17/h2,5-6,11-13,18H,3-4,7-9H2,1H3,(H,15,16). The number of aliphatic hydroxyl groups is 1. The monoisotopic (exact) mass is 247 g/mol. The first-order valence-corrected chi connectivity index (χ1v) is 6.79. The Labute approximate surface area is 108 Å². The van der Waals surface area contributed by atoms with E-state index in [1.807, 2.05) is 19.3 Å². The highest BCUT2D eigenvalue weighted by atomic mass is 16.3. The average molecular weight is 247 g/mol. The summed E-state index contributed by atoms with van der Waals surface area (Å²) >= 11 is 0. The second-order valence-electron chi connectivity index (χ2n) is 5.56. The third-order valence-corrected chi connectivity index (χ3v) is 4.38. The van der Waals surface area contributed by atoms with E-state index in [0.717, 1.165) is 31.9 Å². The fraction of sp³-hybridized carbons (Fsp3) is 0.643. The SMILES string of the molecule is CNc1ccc(CN2CC3CCC(O)C3C2)cn1. The molecular weight excluding hydrogens is 226 g/mol.